The van der Waals surface area contributed by atoms with Crippen LogP contribution >= 0.6 is 0 Å². The number of hydrogen-bond acceptors (Lipinski definition) is 3. The van der Waals surface area contributed by atoms with Crippen LogP contribution in [0.25, 0.3) is 0 Å². The first kappa shape index (κ1) is 21.3. The summed E-state index contributed by atoms with van der Waals surface area (Å²) in [6, 6.07) is 14.8. The third-order valence-electron chi connectivity index (χ3n) is 4.27. The first-order valence-electron chi connectivity index (χ1n) is 9.66. The molecule has 0 heterocycles. The first-order valence-corrected chi connectivity index (χ1v) is 9.66. The smallest absolute Gasteiger partial charge is 0.319 e. The predicted octanol–water partition coefficient (Wildman–Crippen LogP) is 4.70. The third kappa shape index (κ3) is 5.74. The molecule has 0 fully saturated rings. The monoisotopic (exact) mass is 382 g/mol. The standard InChI is InChI=1S/C22H30N4O2/c1-6-26(16(4)5)18-13-11-17(12-14-18)21(27)24-19-9-7-8-10-20(19)25-22(28)23-15(2)3/h7-16H,6H2,1-5H3,(H,24,27)(H2,23,25,28). The summed E-state index contributed by atoms with van der Waals surface area (Å²) in [5, 5.41) is 8.41. The summed E-state index contributed by atoms with van der Waals surface area (Å²) >= 11 is 0. The van der Waals surface area contributed by atoms with Crippen molar-refractivity contribution in [2.24, 2.45) is 0 Å². The number of carbonyl (C=O) groups is 2. The Morgan fingerprint density at radius 2 is 1.46 bits per heavy atom. The number of para-hydroxylation sites is 2. The number of nitrogens with zero attached hydrogens (tertiary/aromatic N) is 1. The molecule has 0 aliphatic carbocycles. The fraction of sp³-hybridized carbons (Fsp3) is 0.364. The molecule has 0 aliphatic rings. The van der Waals surface area contributed by atoms with Gasteiger partial charge in [-0.05, 0) is 71.0 Å². The van der Waals surface area contributed by atoms with E-state index in [1.807, 2.05) is 44.2 Å². The highest BCUT2D eigenvalue weighted by Crippen LogP contribution is 2.23. The van der Waals surface area contributed by atoms with Crippen LogP contribution in [0.15, 0.2) is 48.5 Å². The minimum Gasteiger partial charge on any atom is -0.369 e. The molecule has 0 unspecified atom stereocenters. The van der Waals surface area contributed by atoms with Crippen LogP contribution in [0, 0.1) is 0 Å². The maximum Gasteiger partial charge on any atom is 0.319 e. The van der Waals surface area contributed by atoms with Gasteiger partial charge in [0.25, 0.3) is 5.91 Å². The molecule has 0 aromatic heterocycles. The molecule has 2 aromatic carbocycles. The Balaban J connectivity index is 2.12. The number of carbonyl (C=O) groups excluding carboxylic acids is 2. The summed E-state index contributed by atoms with van der Waals surface area (Å²) in [5.41, 5.74) is 2.74. The van der Waals surface area contributed by atoms with Crippen LogP contribution in [-0.2, 0) is 0 Å². The van der Waals surface area contributed by atoms with Gasteiger partial charge in [-0.1, -0.05) is 12.1 Å². The van der Waals surface area contributed by atoms with Crippen LogP contribution in [0.5, 0.6) is 0 Å². The molecule has 6 heteroatoms. The maximum absolute atomic E-state index is 12.7. The Morgan fingerprint density at radius 1 is 0.893 bits per heavy atom. The summed E-state index contributed by atoms with van der Waals surface area (Å²) in [6.45, 7) is 11.1. The zero-order valence-corrected chi connectivity index (χ0v) is 17.2. The molecule has 2 aromatic rings. The third-order valence-corrected chi connectivity index (χ3v) is 4.27. The van der Waals surface area contributed by atoms with E-state index < -0.39 is 0 Å². The zero-order chi connectivity index (χ0) is 20.7. The van der Waals surface area contributed by atoms with Crippen LogP contribution in [0.1, 0.15) is 45.0 Å². The van der Waals surface area contributed by atoms with Gasteiger partial charge in [0.15, 0.2) is 0 Å². The van der Waals surface area contributed by atoms with Gasteiger partial charge in [-0.2, -0.15) is 0 Å². The Labute approximate surface area is 167 Å². The second-order valence-corrected chi connectivity index (χ2v) is 7.18. The number of urea groups is 1. The lowest BCUT2D eigenvalue weighted by Gasteiger charge is -2.27. The zero-order valence-electron chi connectivity index (χ0n) is 17.2. The molecule has 0 spiro atoms. The van der Waals surface area contributed by atoms with E-state index in [0.29, 0.717) is 23.0 Å². The molecule has 2 rings (SSSR count). The lowest BCUT2D eigenvalue weighted by Crippen LogP contribution is -2.34. The highest BCUT2D eigenvalue weighted by Gasteiger charge is 2.13. The van der Waals surface area contributed by atoms with E-state index in [2.05, 4.69) is 41.6 Å². The molecular formula is C22H30N4O2. The molecule has 3 N–H and O–H groups in total. The van der Waals surface area contributed by atoms with Gasteiger partial charge in [0.1, 0.15) is 0 Å². The topological polar surface area (TPSA) is 73.5 Å². The number of anilines is 3. The Morgan fingerprint density at radius 3 is 1.96 bits per heavy atom. The molecule has 0 bridgehead atoms. The summed E-state index contributed by atoms with van der Waals surface area (Å²) in [4.78, 5) is 26.9. The Bertz CT molecular complexity index is 800. The lowest BCUT2D eigenvalue weighted by atomic mass is 10.1. The predicted molar refractivity (Wildman–Crippen MR) is 116 cm³/mol. The van der Waals surface area contributed by atoms with Crippen LogP contribution < -0.4 is 20.9 Å². The summed E-state index contributed by atoms with van der Waals surface area (Å²) in [7, 11) is 0. The molecule has 28 heavy (non-hydrogen) atoms. The second-order valence-electron chi connectivity index (χ2n) is 7.18. The van der Waals surface area contributed by atoms with Gasteiger partial charge in [-0.25, -0.2) is 4.79 Å². The highest BCUT2D eigenvalue weighted by molar-refractivity contribution is 6.07. The van der Waals surface area contributed by atoms with E-state index in [4.69, 9.17) is 0 Å². The lowest BCUT2D eigenvalue weighted by molar-refractivity contribution is 0.102. The number of amides is 3. The van der Waals surface area contributed by atoms with Crippen molar-refractivity contribution in [1.29, 1.82) is 0 Å². The van der Waals surface area contributed by atoms with E-state index in [1.54, 1.807) is 18.2 Å². The van der Waals surface area contributed by atoms with Crippen molar-refractivity contribution in [3.63, 3.8) is 0 Å². The van der Waals surface area contributed by atoms with E-state index in [1.165, 1.54) is 0 Å². The molecule has 3 amide bonds. The second kappa shape index (κ2) is 9.78. The minimum absolute atomic E-state index is 0.0220. The minimum atomic E-state index is -0.311. The molecule has 0 saturated carbocycles. The van der Waals surface area contributed by atoms with E-state index in [0.717, 1.165) is 12.2 Å². The van der Waals surface area contributed by atoms with Crippen LogP contribution in [0.2, 0.25) is 0 Å². The maximum atomic E-state index is 12.7. The Kier molecular flexibility index (Phi) is 7.44. The van der Waals surface area contributed by atoms with Crippen molar-refractivity contribution >= 4 is 29.0 Å². The first-order chi connectivity index (χ1) is 13.3. The number of rotatable bonds is 7. The van der Waals surface area contributed by atoms with Crippen LogP contribution in [-0.4, -0.2) is 30.6 Å². The van der Waals surface area contributed by atoms with Crippen molar-refractivity contribution in [3.8, 4) is 0 Å². The van der Waals surface area contributed by atoms with Gasteiger partial charge in [-0.15, -0.1) is 0 Å². The van der Waals surface area contributed by atoms with Crippen molar-refractivity contribution in [2.45, 2.75) is 46.7 Å². The fourth-order valence-corrected chi connectivity index (χ4v) is 2.97. The van der Waals surface area contributed by atoms with Gasteiger partial charge in [0.05, 0.1) is 11.4 Å². The molecule has 0 radical (unpaired) electrons. The van der Waals surface area contributed by atoms with Gasteiger partial charge in [-0.3, -0.25) is 4.79 Å². The molecule has 0 saturated heterocycles. The van der Waals surface area contributed by atoms with Crippen LogP contribution in [0.4, 0.5) is 21.9 Å². The van der Waals surface area contributed by atoms with E-state index >= 15 is 0 Å². The highest BCUT2D eigenvalue weighted by atomic mass is 16.2. The average molecular weight is 383 g/mol. The number of benzene rings is 2. The van der Waals surface area contributed by atoms with Crippen molar-refractivity contribution in [3.05, 3.63) is 54.1 Å². The average Bonchev–Trinajstić information content (AvgIpc) is 2.63. The summed E-state index contributed by atoms with van der Waals surface area (Å²) in [5.74, 6) is -0.224. The normalized spacial score (nSPS) is 10.7. The molecule has 150 valence electrons. The van der Waals surface area contributed by atoms with Gasteiger partial charge >= 0.3 is 6.03 Å². The Hall–Kier alpha value is -3.02. The molecular weight excluding hydrogens is 352 g/mol. The van der Waals surface area contributed by atoms with Crippen LogP contribution in [0.3, 0.4) is 0 Å². The van der Waals surface area contributed by atoms with Gasteiger partial charge in [0, 0.05) is 29.9 Å². The van der Waals surface area contributed by atoms with E-state index in [-0.39, 0.29) is 18.0 Å². The van der Waals surface area contributed by atoms with Gasteiger partial charge in [0.2, 0.25) is 0 Å². The van der Waals surface area contributed by atoms with Crippen molar-refractivity contribution < 1.29 is 9.59 Å². The number of nitrogens with one attached hydrogen (secondary N) is 3. The van der Waals surface area contributed by atoms with Gasteiger partial charge < -0.3 is 20.9 Å². The molecule has 0 atom stereocenters. The van der Waals surface area contributed by atoms with E-state index in [9.17, 15) is 9.59 Å². The fourth-order valence-electron chi connectivity index (χ4n) is 2.97. The van der Waals surface area contributed by atoms with Crippen molar-refractivity contribution in [2.75, 3.05) is 22.1 Å². The summed E-state index contributed by atoms with van der Waals surface area (Å²) < 4.78 is 0. The van der Waals surface area contributed by atoms with Crippen molar-refractivity contribution in [1.82, 2.24) is 5.32 Å². The SMILES string of the molecule is CCN(c1ccc(C(=O)Nc2ccccc2NC(=O)NC(C)C)cc1)C(C)C. The molecule has 0 aliphatic heterocycles. The largest absolute Gasteiger partial charge is 0.369 e. The summed E-state index contributed by atoms with van der Waals surface area (Å²) in [6.07, 6.45) is 0. The number of hydrogen-bond donors (Lipinski definition) is 3. The molecule has 6 nitrogen and oxygen atoms in total. The quantitative estimate of drug-likeness (QED) is 0.650.